The van der Waals surface area contributed by atoms with E-state index in [0.29, 0.717) is 12.5 Å². The average molecular weight is 264 g/mol. The number of urea groups is 1. The van der Waals surface area contributed by atoms with Gasteiger partial charge in [0.25, 0.3) is 0 Å². The number of aromatic nitrogens is 2. The molecule has 0 unspecified atom stereocenters. The molecule has 0 spiro atoms. The SMILES string of the molecule is C=CCN(C)C(=O)Nc1cnn(CCC(C)C)c1C. The summed E-state index contributed by atoms with van der Waals surface area (Å²) >= 11 is 0. The second-order valence-corrected chi connectivity index (χ2v) is 5.15. The van der Waals surface area contributed by atoms with Crippen LogP contribution in [0.1, 0.15) is 26.0 Å². The molecule has 0 aliphatic rings. The Hall–Kier alpha value is -1.78. The number of carbonyl (C=O) groups is 1. The fraction of sp³-hybridized carbons (Fsp3) is 0.571. The molecule has 0 saturated carbocycles. The Labute approximate surface area is 115 Å². The van der Waals surface area contributed by atoms with Crippen molar-refractivity contribution in [3.63, 3.8) is 0 Å². The lowest BCUT2D eigenvalue weighted by molar-refractivity contribution is 0.226. The lowest BCUT2D eigenvalue weighted by atomic mass is 10.1. The first-order valence-corrected chi connectivity index (χ1v) is 6.61. The molecule has 106 valence electrons. The van der Waals surface area contributed by atoms with Gasteiger partial charge >= 0.3 is 6.03 Å². The van der Waals surface area contributed by atoms with Gasteiger partial charge in [-0.1, -0.05) is 19.9 Å². The number of likely N-dealkylation sites (N-methyl/N-ethyl adjacent to an activating group) is 1. The molecule has 5 heteroatoms. The highest BCUT2D eigenvalue weighted by Crippen LogP contribution is 2.15. The Morgan fingerprint density at radius 3 is 2.89 bits per heavy atom. The number of hydrogen-bond donors (Lipinski definition) is 1. The van der Waals surface area contributed by atoms with Crippen LogP contribution in [0.15, 0.2) is 18.9 Å². The molecule has 0 atom stereocenters. The molecule has 2 amide bonds. The molecule has 1 heterocycles. The van der Waals surface area contributed by atoms with Crippen molar-refractivity contribution in [1.29, 1.82) is 0 Å². The van der Waals surface area contributed by atoms with Gasteiger partial charge in [0.15, 0.2) is 0 Å². The van der Waals surface area contributed by atoms with Gasteiger partial charge in [-0.3, -0.25) is 4.68 Å². The largest absolute Gasteiger partial charge is 0.324 e. The van der Waals surface area contributed by atoms with Crippen molar-refractivity contribution in [2.45, 2.75) is 33.7 Å². The van der Waals surface area contributed by atoms with E-state index in [9.17, 15) is 4.79 Å². The topological polar surface area (TPSA) is 50.2 Å². The predicted octanol–water partition coefficient (Wildman–Crippen LogP) is 2.89. The van der Waals surface area contributed by atoms with Gasteiger partial charge < -0.3 is 10.2 Å². The van der Waals surface area contributed by atoms with Crippen LogP contribution in [0.5, 0.6) is 0 Å². The molecule has 0 fully saturated rings. The van der Waals surface area contributed by atoms with Gasteiger partial charge in [0.1, 0.15) is 0 Å². The van der Waals surface area contributed by atoms with Gasteiger partial charge in [-0.2, -0.15) is 5.10 Å². The van der Waals surface area contributed by atoms with Crippen LogP contribution in [0.25, 0.3) is 0 Å². The monoisotopic (exact) mass is 264 g/mol. The van der Waals surface area contributed by atoms with Crippen molar-refractivity contribution in [3.8, 4) is 0 Å². The van der Waals surface area contributed by atoms with Crippen molar-refractivity contribution in [3.05, 3.63) is 24.5 Å². The summed E-state index contributed by atoms with van der Waals surface area (Å²) in [6, 6.07) is -0.147. The normalized spacial score (nSPS) is 10.6. The smallest absolute Gasteiger partial charge is 0.321 e. The summed E-state index contributed by atoms with van der Waals surface area (Å²) in [6.45, 7) is 11.4. The van der Waals surface area contributed by atoms with Crippen molar-refractivity contribution in [1.82, 2.24) is 14.7 Å². The first-order valence-electron chi connectivity index (χ1n) is 6.61. The van der Waals surface area contributed by atoms with Crippen LogP contribution in [0.3, 0.4) is 0 Å². The molecule has 1 aromatic rings. The molecule has 0 aliphatic heterocycles. The van der Waals surface area contributed by atoms with Gasteiger partial charge in [-0.05, 0) is 19.3 Å². The number of nitrogens with zero attached hydrogens (tertiary/aromatic N) is 3. The maximum absolute atomic E-state index is 11.9. The second-order valence-electron chi connectivity index (χ2n) is 5.15. The number of carbonyl (C=O) groups excluding carboxylic acids is 1. The van der Waals surface area contributed by atoms with E-state index < -0.39 is 0 Å². The molecule has 0 bridgehead atoms. The lowest BCUT2D eigenvalue weighted by Crippen LogP contribution is -2.31. The van der Waals surface area contributed by atoms with E-state index in [4.69, 9.17) is 0 Å². The van der Waals surface area contributed by atoms with Crippen LogP contribution in [0.2, 0.25) is 0 Å². The van der Waals surface area contributed by atoms with E-state index in [0.717, 1.165) is 24.3 Å². The van der Waals surface area contributed by atoms with Crippen LogP contribution >= 0.6 is 0 Å². The highest BCUT2D eigenvalue weighted by molar-refractivity contribution is 5.89. The third-order valence-corrected chi connectivity index (χ3v) is 3.01. The molecular formula is C14H24N4O. The average Bonchev–Trinajstić information content (AvgIpc) is 2.68. The van der Waals surface area contributed by atoms with Gasteiger partial charge in [0.05, 0.1) is 17.6 Å². The fourth-order valence-electron chi connectivity index (χ4n) is 1.66. The Morgan fingerprint density at radius 2 is 2.32 bits per heavy atom. The Morgan fingerprint density at radius 1 is 1.63 bits per heavy atom. The van der Waals surface area contributed by atoms with Crippen LogP contribution in [-0.4, -0.2) is 34.3 Å². The Bertz CT molecular complexity index is 437. The minimum Gasteiger partial charge on any atom is -0.324 e. The second kappa shape index (κ2) is 6.97. The predicted molar refractivity (Wildman–Crippen MR) is 78.3 cm³/mol. The molecule has 19 heavy (non-hydrogen) atoms. The summed E-state index contributed by atoms with van der Waals surface area (Å²) in [5.41, 5.74) is 1.76. The molecule has 0 saturated heterocycles. The maximum atomic E-state index is 11.9. The van der Waals surface area contributed by atoms with Crippen molar-refractivity contribution < 1.29 is 4.79 Å². The molecule has 0 aromatic carbocycles. The van der Waals surface area contributed by atoms with Crippen LogP contribution < -0.4 is 5.32 Å². The van der Waals surface area contributed by atoms with E-state index in [1.54, 1.807) is 24.2 Å². The lowest BCUT2D eigenvalue weighted by Gasteiger charge is -2.15. The zero-order valence-corrected chi connectivity index (χ0v) is 12.3. The standard InChI is InChI=1S/C14H24N4O/c1-6-8-17(5)14(19)16-13-10-15-18(12(13)4)9-7-11(2)3/h6,10-11H,1,7-9H2,2-5H3,(H,16,19). The third kappa shape index (κ3) is 4.43. The number of hydrogen-bond acceptors (Lipinski definition) is 2. The van der Waals surface area contributed by atoms with E-state index in [1.165, 1.54) is 0 Å². The van der Waals surface area contributed by atoms with E-state index >= 15 is 0 Å². The number of amides is 2. The third-order valence-electron chi connectivity index (χ3n) is 3.01. The Kier molecular flexibility index (Phi) is 5.60. The number of rotatable bonds is 6. The highest BCUT2D eigenvalue weighted by atomic mass is 16.2. The van der Waals surface area contributed by atoms with Crippen LogP contribution in [-0.2, 0) is 6.54 Å². The maximum Gasteiger partial charge on any atom is 0.321 e. The number of nitrogens with one attached hydrogen (secondary N) is 1. The summed E-state index contributed by atoms with van der Waals surface area (Å²) < 4.78 is 1.93. The molecular weight excluding hydrogens is 240 g/mol. The summed E-state index contributed by atoms with van der Waals surface area (Å²) in [5.74, 6) is 0.639. The summed E-state index contributed by atoms with van der Waals surface area (Å²) in [5, 5.41) is 7.17. The number of aryl methyl sites for hydroxylation is 1. The van der Waals surface area contributed by atoms with Crippen LogP contribution in [0.4, 0.5) is 10.5 Å². The first kappa shape index (κ1) is 15.3. The molecule has 0 aliphatic carbocycles. The van der Waals surface area contributed by atoms with Gasteiger partial charge in [-0.15, -0.1) is 6.58 Å². The van der Waals surface area contributed by atoms with Crippen molar-refractivity contribution in [2.24, 2.45) is 5.92 Å². The highest BCUT2D eigenvalue weighted by Gasteiger charge is 2.12. The van der Waals surface area contributed by atoms with E-state index in [2.05, 4.69) is 30.8 Å². The zero-order chi connectivity index (χ0) is 14.4. The number of anilines is 1. The molecule has 0 radical (unpaired) electrons. The van der Waals surface area contributed by atoms with E-state index in [1.807, 2.05) is 11.6 Å². The fourth-order valence-corrected chi connectivity index (χ4v) is 1.66. The van der Waals surface area contributed by atoms with Crippen LogP contribution in [0, 0.1) is 12.8 Å². The van der Waals surface area contributed by atoms with Gasteiger partial charge in [0.2, 0.25) is 0 Å². The summed E-state index contributed by atoms with van der Waals surface area (Å²) in [4.78, 5) is 13.4. The van der Waals surface area contributed by atoms with Gasteiger partial charge in [-0.25, -0.2) is 4.79 Å². The molecule has 5 nitrogen and oxygen atoms in total. The zero-order valence-electron chi connectivity index (χ0n) is 12.3. The van der Waals surface area contributed by atoms with Gasteiger partial charge in [0, 0.05) is 20.1 Å². The minimum absolute atomic E-state index is 0.147. The quantitative estimate of drug-likeness (QED) is 0.803. The molecule has 1 N–H and O–H groups in total. The molecule has 1 aromatic heterocycles. The first-order chi connectivity index (χ1) is 8.95. The summed E-state index contributed by atoms with van der Waals surface area (Å²) in [6.07, 6.45) is 4.47. The Balaban J connectivity index is 2.64. The molecule has 1 rings (SSSR count). The minimum atomic E-state index is -0.147. The summed E-state index contributed by atoms with van der Waals surface area (Å²) in [7, 11) is 1.73. The van der Waals surface area contributed by atoms with Crippen molar-refractivity contribution in [2.75, 3.05) is 18.9 Å². The van der Waals surface area contributed by atoms with E-state index in [-0.39, 0.29) is 6.03 Å². The van der Waals surface area contributed by atoms with Crippen molar-refractivity contribution >= 4 is 11.7 Å².